The van der Waals surface area contributed by atoms with Gasteiger partial charge in [-0.25, -0.2) is 8.78 Å². The summed E-state index contributed by atoms with van der Waals surface area (Å²) in [6.07, 6.45) is 11.7. The van der Waals surface area contributed by atoms with Crippen LogP contribution in [0.4, 0.5) is 8.78 Å². The van der Waals surface area contributed by atoms with E-state index < -0.39 is 0 Å². The second kappa shape index (κ2) is 8.18. The van der Waals surface area contributed by atoms with E-state index in [2.05, 4.69) is 0 Å². The molecule has 1 saturated carbocycles. The van der Waals surface area contributed by atoms with Crippen LogP contribution in [0.15, 0.2) is 36.7 Å². The molecule has 0 aromatic heterocycles. The summed E-state index contributed by atoms with van der Waals surface area (Å²) in [5, 5.41) is 0. The molecule has 110 valence electrons. The maximum atomic E-state index is 12.8. The van der Waals surface area contributed by atoms with Gasteiger partial charge in [-0.3, -0.25) is 0 Å². The van der Waals surface area contributed by atoms with Crippen LogP contribution in [0, 0.1) is 17.7 Å². The molecule has 1 aliphatic rings. The van der Waals surface area contributed by atoms with Crippen LogP contribution >= 0.6 is 0 Å². The predicted octanol–water partition coefficient (Wildman–Crippen LogP) is 5.83. The van der Waals surface area contributed by atoms with E-state index in [1.807, 2.05) is 12.1 Å². The van der Waals surface area contributed by atoms with Gasteiger partial charge in [-0.15, -0.1) is 0 Å². The van der Waals surface area contributed by atoms with E-state index in [0.29, 0.717) is 6.33 Å². The normalized spacial score (nSPS) is 23.3. The van der Waals surface area contributed by atoms with Crippen molar-refractivity contribution in [1.29, 1.82) is 0 Å². The molecule has 0 aliphatic heterocycles. The van der Waals surface area contributed by atoms with Gasteiger partial charge in [0.15, 0.2) is 0 Å². The summed E-state index contributed by atoms with van der Waals surface area (Å²) < 4.78 is 24.7. The van der Waals surface area contributed by atoms with Gasteiger partial charge in [0.25, 0.3) is 0 Å². The molecular formula is C18H24F2. The minimum atomic E-state index is -0.156. The Morgan fingerprint density at radius 3 is 2.15 bits per heavy atom. The summed E-state index contributed by atoms with van der Waals surface area (Å²) in [6.45, 7) is 0. The van der Waals surface area contributed by atoms with Crippen LogP contribution < -0.4 is 0 Å². The van der Waals surface area contributed by atoms with Crippen LogP contribution in [0.5, 0.6) is 0 Å². The molecule has 1 aromatic carbocycles. The fourth-order valence-electron chi connectivity index (χ4n) is 3.23. The van der Waals surface area contributed by atoms with Gasteiger partial charge in [0, 0.05) is 0 Å². The molecule has 2 heteroatoms. The number of benzene rings is 1. The summed E-state index contributed by atoms with van der Waals surface area (Å²) in [5.41, 5.74) is 1.24. The van der Waals surface area contributed by atoms with Crippen LogP contribution in [0.2, 0.25) is 0 Å². The summed E-state index contributed by atoms with van der Waals surface area (Å²) >= 11 is 0. The van der Waals surface area contributed by atoms with Gasteiger partial charge in [0.05, 0.1) is 6.33 Å². The van der Waals surface area contributed by atoms with Gasteiger partial charge in [-0.2, -0.15) is 0 Å². The highest BCUT2D eigenvalue weighted by Gasteiger charge is 2.20. The van der Waals surface area contributed by atoms with Crippen molar-refractivity contribution < 1.29 is 8.78 Å². The molecular weight excluding hydrogens is 254 g/mol. The first-order chi connectivity index (χ1) is 9.78. The molecule has 0 N–H and O–H groups in total. The van der Waals surface area contributed by atoms with Crippen molar-refractivity contribution in [2.75, 3.05) is 0 Å². The number of hydrogen-bond acceptors (Lipinski definition) is 0. The van der Waals surface area contributed by atoms with Gasteiger partial charge < -0.3 is 0 Å². The van der Waals surface area contributed by atoms with E-state index in [-0.39, 0.29) is 5.82 Å². The maximum absolute atomic E-state index is 12.8. The van der Waals surface area contributed by atoms with Gasteiger partial charge in [0.1, 0.15) is 5.82 Å². The van der Waals surface area contributed by atoms with E-state index in [4.69, 9.17) is 0 Å². The zero-order valence-corrected chi connectivity index (χ0v) is 12.0. The highest BCUT2D eigenvalue weighted by molar-refractivity contribution is 5.16. The lowest BCUT2D eigenvalue weighted by Gasteiger charge is -2.28. The lowest BCUT2D eigenvalue weighted by Crippen LogP contribution is -2.15. The third-order valence-electron chi connectivity index (χ3n) is 4.55. The number of aryl methyl sites for hydroxylation is 1. The molecule has 0 unspecified atom stereocenters. The molecule has 0 nitrogen and oxygen atoms in total. The predicted molar refractivity (Wildman–Crippen MR) is 79.7 cm³/mol. The Balaban J connectivity index is 1.65. The highest BCUT2D eigenvalue weighted by atomic mass is 19.1. The van der Waals surface area contributed by atoms with Gasteiger partial charge in [-0.1, -0.05) is 43.9 Å². The second-order valence-electron chi connectivity index (χ2n) is 5.99. The third-order valence-corrected chi connectivity index (χ3v) is 4.55. The average Bonchev–Trinajstić information content (AvgIpc) is 2.48. The molecule has 2 rings (SSSR count). The second-order valence-corrected chi connectivity index (χ2v) is 5.99. The van der Waals surface area contributed by atoms with Gasteiger partial charge in [0.2, 0.25) is 0 Å². The van der Waals surface area contributed by atoms with Crippen LogP contribution in [-0.4, -0.2) is 0 Å². The van der Waals surface area contributed by atoms with E-state index >= 15 is 0 Å². The lowest BCUT2D eigenvalue weighted by atomic mass is 9.78. The molecule has 1 aromatic rings. The Morgan fingerprint density at radius 1 is 0.950 bits per heavy atom. The summed E-state index contributed by atoms with van der Waals surface area (Å²) in [5.74, 6) is 1.44. The Hall–Kier alpha value is -1.18. The Bertz CT molecular complexity index is 400. The minimum Gasteiger partial charge on any atom is -0.216 e. The molecule has 20 heavy (non-hydrogen) atoms. The Labute approximate surface area is 120 Å². The first-order valence-electron chi connectivity index (χ1n) is 7.77. The first-order valence-corrected chi connectivity index (χ1v) is 7.77. The van der Waals surface area contributed by atoms with Crippen LogP contribution in [0.3, 0.4) is 0 Å². The molecule has 0 atom stereocenters. The van der Waals surface area contributed by atoms with Gasteiger partial charge in [-0.05, 0) is 55.2 Å². The number of rotatable bonds is 6. The van der Waals surface area contributed by atoms with Crippen LogP contribution in [-0.2, 0) is 6.42 Å². The summed E-state index contributed by atoms with van der Waals surface area (Å²) in [6, 6.07) is 6.88. The van der Waals surface area contributed by atoms with Crippen molar-refractivity contribution in [1.82, 2.24) is 0 Å². The van der Waals surface area contributed by atoms with Crippen molar-refractivity contribution in [3.8, 4) is 0 Å². The zero-order valence-electron chi connectivity index (χ0n) is 12.0. The molecule has 1 fully saturated rings. The SMILES string of the molecule is FC=CCC[C@H]1CC[C@H](CCc2ccc(F)cc2)CC1. The quantitative estimate of drug-likeness (QED) is 0.614. The van der Waals surface area contributed by atoms with Crippen molar-refractivity contribution in [2.24, 2.45) is 11.8 Å². The van der Waals surface area contributed by atoms with Crippen molar-refractivity contribution >= 4 is 0 Å². The van der Waals surface area contributed by atoms with Crippen LogP contribution in [0.25, 0.3) is 0 Å². The summed E-state index contributed by atoms with van der Waals surface area (Å²) in [7, 11) is 0. The van der Waals surface area contributed by atoms with E-state index in [1.54, 1.807) is 18.2 Å². The fourth-order valence-corrected chi connectivity index (χ4v) is 3.23. The minimum absolute atomic E-state index is 0.156. The third kappa shape index (κ3) is 5.07. The standard InChI is InChI=1S/C18H24F2/c19-14-2-1-3-15-4-6-16(7-5-15)8-9-17-10-12-18(20)13-11-17/h2,10-16H,1,3-9H2/t15-,16-. The van der Waals surface area contributed by atoms with E-state index in [9.17, 15) is 8.78 Å². The summed E-state index contributed by atoms with van der Waals surface area (Å²) in [4.78, 5) is 0. The zero-order chi connectivity index (χ0) is 14.2. The molecule has 0 radical (unpaired) electrons. The van der Waals surface area contributed by atoms with E-state index in [0.717, 1.165) is 31.1 Å². The molecule has 0 bridgehead atoms. The van der Waals surface area contributed by atoms with Crippen molar-refractivity contribution in [3.63, 3.8) is 0 Å². The smallest absolute Gasteiger partial charge is 0.123 e. The highest BCUT2D eigenvalue weighted by Crippen LogP contribution is 2.33. The molecule has 0 amide bonds. The molecule has 0 spiro atoms. The monoisotopic (exact) mass is 278 g/mol. The van der Waals surface area contributed by atoms with Crippen LogP contribution in [0.1, 0.15) is 50.5 Å². The Kier molecular flexibility index (Phi) is 6.23. The average molecular weight is 278 g/mol. The lowest BCUT2D eigenvalue weighted by molar-refractivity contribution is 0.254. The number of halogens is 2. The van der Waals surface area contributed by atoms with Crippen molar-refractivity contribution in [3.05, 3.63) is 48.1 Å². The maximum Gasteiger partial charge on any atom is 0.123 e. The first kappa shape index (κ1) is 15.2. The topological polar surface area (TPSA) is 0 Å². The number of hydrogen-bond donors (Lipinski definition) is 0. The fraction of sp³-hybridized carbons (Fsp3) is 0.556. The molecule has 1 aliphatic carbocycles. The van der Waals surface area contributed by atoms with Gasteiger partial charge >= 0.3 is 0 Å². The Morgan fingerprint density at radius 2 is 1.55 bits per heavy atom. The molecule has 0 heterocycles. The van der Waals surface area contributed by atoms with Crippen molar-refractivity contribution in [2.45, 2.75) is 51.4 Å². The molecule has 0 saturated heterocycles. The largest absolute Gasteiger partial charge is 0.216 e. The number of allylic oxidation sites excluding steroid dienone is 1. The van der Waals surface area contributed by atoms with E-state index in [1.165, 1.54) is 37.7 Å².